The Labute approximate surface area is 167 Å². The van der Waals surface area contributed by atoms with Crippen LogP contribution < -0.4 is 4.90 Å². The Morgan fingerprint density at radius 2 is 2.26 bits per heavy atom. The Balaban J connectivity index is 2.36. The van der Waals surface area contributed by atoms with Crippen LogP contribution in [0.2, 0.25) is 0 Å². The molecule has 0 aliphatic rings. The Kier molecular flexibility index (Phi) is 8.09. The molecule has 0 fully saturated rings. The van der Waals surface area contributed by atoms with Crippen molar-refractivity contribution >= 4 is 34.0 Å². The molecule has 144 valence electrons. The molecule has 0 aliphatic heterocycles. The average molecular weight is 405 g/mol. The van der Waals surface area contributed by atoms with E-state index in [-0.39, 0.29) is 17.7 Å². The van der Waals surface area contributed by atoms with Crippen molar-refractivity contribution in [2.45, 2.75) is 20.8 Å². The lowest BCUT2D eigenvalue weighted by atomic mass is 10.1. The smallest absolute Gasteiger partial charge is 0.231 e. The van der Waals surface area contributed by atoms with E-state index in [0.29, 0.717) is 13.1 Å². The number of amides is 1. The Morgan fingerprint density at radius 3 is 2.89 bits per heavy atom. The van der Waals surface area contributed by atoms with Crippen LogP contribution in [0.4, 0.5) is 5.00 Å². The van der Waals surface area contributed by atoms with E-state index in [1.807, 2.05) is 44.1 Å². The molecule has 0 aromatic carbocycles. The topological polar surface area (TPSA) is 94.9 Å². The molecule has 0 spiro atoms. The number of anilines is 1. The largest absolute Gasteiger partial charge is 0.302 e. The fourth-order valence-electron chi connectivity index (χ4n) is 2.66. The van der Waals surface area contributed by atoms with Gasteiger partial charge >= 0.3 is 0 Å². The van der Waals surface area contributed by atoms with E-state index < -0.39 is 0 Å². The van der Waals surface area contributed by atoms with Crippen LogP contribution in [0.3, 0.4) is 0 Å². The third-order valence-corrected chi connectivity index (χ3v) is 6.04. The van der Waals surface area contributed by atoms with E-state index in [4.69, 9.17) is 5.53 Å². The van der Waals surface area contributed by atoms with Gasteiger partial charge in [-0.3, -0.25) is 9.78 Å². The number of carbonyl (C=O) groups is 1. The molecule has 2 rings (SSSR count). The van der Waals surface area contributed by atoms with Gasteiger partial charge in [-0.15, -0.1) is 0 Å². The number of nitrogens with zero attached hydrogens (tertiary/aromatic N) is 6. The highest BCUT2D eigenvalue weighted by Gasteiger charge is 2.27. The van der Waals surface area contributed by atoms with E-state index in [0.717, 1.165) is 27.0 Å². The van der Waals surface area contributed by atoms with Crippen molar-refractivity contribution in [2.24, 2.45) is 17.0 Å². The summed E-state index contributed by atoms with van der Waals surface area (Å²) in [5.41, 5.74) is 10.3. The summed E-state index contributed by atoms with van der Waals surface area (Å²) in [7, 11) is 0. The maximum absolute atomic E-state index is 13.1. The second-order valence-corrected chi connectivity index (χ2v) is 8.36. The summed E-state index contributed by atoms with van der Waals surface area (Å²) in [6, 6.07) is 3.83. The Bertz CT molecular complexity index is 803. The van der Waals surface area contributed by atoms with E-state index in [2.05, 4.69) is 20.0 Å². The van der Waals surface area contributed by atoms with Crippen LogP contribution in [0.15, 0.2) is 29.6 Å². The van der Waals surface area contributed by atoms with Crippen molar-refractivity contribution in [3.63, 3.8) is 0 Å². The van der Waals surface area contributed by atoms with Crippen molar-refractivity contribution in [2.75, 3.05) is 30.0 Å². The highest BCUT2D eigenvalue weighted by atomic mass is 32.2. The maximum atomic E-state index is 13.1. The average Bonchev–Trinajstić information content (AvgIpc) is 3.06. The first kappa shape index (κ1) is 21.2. The first-order valence-electron chi connectivity index (χ1n) is 8.66. The molecule has 1 amide bonds. The minimum Gasteiger partial charge on any atom is -0.302 e. The molecule has 9 heteroatoms. The number of aromatic nitrogens is 2. The molecule has 7 nitrogen and oxygen atoms in total. The van der Waals surface area contributed by atoms with Crippen molar-refractivity contribution in [3.05, 3.63) is 40.7 Å². The van der Waals surface area contributed by atoms with Crippen LogP contribution in [0.1, 0.15) is 19.5 Å². The van der Waals surface area contributed by atoms with Gasteiger partial charge < -0.3 is 4.90 Å². The second-order valence-electron chi connectivity index (χ2n) is 6.48. The van der Waals surface area contributed by atoms with Gasteiger partial charge in [-0.2, -0.15) is 11.8 Å². The molecule has 2 atom stereocenters. The monoisotopic (exact) mass is 404 g/mol. The van der Waals surface area contributed by atoms with Gasteiger partial charge in [0, 0.05) is 47.6 Å². The number of thioether (sulfide) groups is 1. The number of hydrogen-bond acceptors (Lipinski definition) is 6. The summed E-state index contributed by atoms with van der Waals surface area (Å²) >= 11 is 3.15. The molecule has 0 N–H and O–H groups in total. The summed E-state index contributed by atoms with van der Waals surface area (Å²) in [6.07, 6.45) is 5.49. The van der Waals surface area contributed by atoms with Gasteiger partial charge in [0.15, 0.2) is 0 Å². The molecule has 27 heavy (non-hydrogen) atoms. The summed E-state index contributed by atoms with van der Waals surface area (Å²) in [5, 5.41) is 5.34. The molecular weight excluding hydrogens is 380 g/mol. The van der Waals surface area contributed by atoms with Crippen LogP contribution in [0, 0.1) is 18.8 Å². The van der Waals surface area contributed by atoms with E-state index in [9.17, 15) is 4.79 Å². The van der Waals surface area contributed by atoms with Gasteiger partial charge in [-0.25, -0.2) is 4.98 Å². The summed E-state index contributed by atoms with van der Waals surface area (Å²) in [6.45, 7) is 6.69. The molecule has 2 aromatic rings. The van der Waals surface area contributed by atoms with E-state index in [1.165, 1.54) is 11.3 Å². The molecular formula is C18H24N6OS2. The number of azide groups is 1. The van der Waals surface area contributed by atoms with Gasteiger partial charge in [-0.1, -0.05) is 30.3 Å². The van der Waals surface area contributed by atoms with E-state index in [1.54, 1.807) is 24.2 Å². The van der Waals surface area contributed by atoms with Gasteiger partial charge in [0.05, 0.1) is 5.69 Å². The van der Waals surface area contributed by atoms with Gasteiger partial charge in [0.2, 0.25) is 5.91 Å². The highest BCUT2D eigenvalue weighted by Crippen LogP contribution is 2.35. The quantitative estimate of drug-likeness (QED) is 0.341. The second kappa shape index (κ2) is 10.3. The third-order valence-electron chi connectivity index (χ3n) is 3.98. The molecule has 2 unspecified atom stereocenters. The molecule has 2 heterocycles. The molecule has 0 aliphatic carbocycles. The molecule has 0 saturated carbocycles. The first-order chi connectivity index (χ1) is 13.0. The van der Waals surface area contributed by atoms with E-state index >= 15 is 0 Å². The lowest BCUT2D eigenvalue weighted by Crippen LogP contribution is -2.39. The number of rotatable bonds is 9. The van der Waals surface area contributed by atoms with Crippen LogP contribution in [-0.4, -0.2) is 41.0 Å². The molecule has 0 radical (unpaired) electrons. The predicted molar refractivity (Wildman–Crippen MR) is 113 cm³/mol. The van der Waals surface area contributed by atoms with Crippen LogP contribution in [0.25, 0.3) is 21.0 Å². The maximum Gasteiger partial charge on any atom is 0.231 e. The molecule has 2 aromatic heterocycles. The normalized spacial score (nSPS) is 12.9. The summed E-state index contributed by atoms with van der Waals surface area (Å²) in [4.78, 5) is 26.6. The minimum atomic E-state index is -0.102. The standard InChI is InChI=1S/C18H24N6OS2/c1-12(8-21-23-19)10-24(17(25)13(2)11-26-4)18-14(3)22-16(27-18)15-6-5-7-20-9-15/h5-7,9,12-13H,8,10-11H2,1-4H3. The summed E-state index contributed by atoms with van der Waals surface area (Å²) in [5.74, 6) is 0.777. The fourth-order valence-corrected chi connectivity index (χ4v) is 4.37. The Hall–Kier alpha value is -2.09. The van der Waals surface area contributed by atoms with Crippen molar-refractivity contribution in [1.82, 2.24) is 9.97 Å². The lowest BCUT2D eigenvalue weighted by Gasteiger charge is -2.27. The van der Waals surface area contributed by atoms with Gasteiger partial charge in [0.25, 0.3) is 0 Å². The van der Waals surface area contributed by atoms with Crippen LogP contribution in [-0.2, 0) is 4.79 Å². The number of carbonyl (C=O) groups excluding carboxylic acids is 1. The van der Waals surface area contributed by atoms with Gasteiger partial charge in [-0.05, 0) is 36.8 Å². The predicted octanol–water partition coefficient (Wildman–Crippen LogP) is 4.79. The third kappa shape index (κ3) is 5.69. The highest BCUT2D eigenvalue weighted by molar-refractivity contribution is 7.98. The Morgan fingerprint density at radius 1 is 1.48 bits per heavy atom. The number of thiazole rings is 1. The summed E-state index contributed by atoms with van der Waals surface area (Å²) < 4.78 is 0. The number of pyridine rings is 1. The van der Waals surface area contributed by atoms with Crippen molar-refractivity contribution in [1.29, 1.82) is 0 Å². The van der Waals surface area contributed by atoms with Crippen LogP contribution in [0.5, 0.6) is 0 Å². The number of hydrogen-bond donors (Lipinski definition) is 0. The SMILES string of the molecule is CSCC(C)C(=O)N(CC(C)CN=[N+]=[N-])c1sc(-c2cccnc2)nc1C. The van der Waals surface area contributed by atoms with Gasteiger partial charge in [0.1, 0.15) is 10.0 Å². The number of aryl methyl sites for hydroxylation is 1. The zero-order valence-electron chi connectivity index (χ0n) is 16.0. The van der Waals surface area contributed by atoms with Crippen LogP contribution >= 0.6 is 23.1 Å². The van der Waals surface area contributed by atoms with Crippen molar-refractivity contribution < 1.29 is 4.79 Å². The first-order valence-corrected chi connectivity index (χ1v) is 10.9. The molecule has 0 bridgehead atoms. The van der Waals surface area contributed by atoms with Crippen molar-refractivity contribution in [3.8, 4) is 10.6 Å². The lowest BCUT2D eigenvalue weighted by molar-refractivity contribution is -0.121. The molecule has 0 saturated heterocycles. The zero-order chi connectivity index (χ0) is 19.8. The zero-order valence-corrected chi connectivity index (χ0v) is 17.6. The fraction of sp³-hybridized carbons (Fsp3) is 0.500. The minimum absolute atomic E-state index is 0.0506.